The van der Waals surface area contributed by atoms with E-state index in [0.29, 0.717) is 23.7 Å². The van der Waals surface area contributed by atoms with Gasteiger partial charge in [0.1, 0.15) is 10.6 Å². The predicted octanol–water partition coefficient (Wildman–Crippen LogP) is 0.570. The molecule has 0 radical (unpaired) electrons. The predicted molar refractivity (Wildman–Crippen MR) is 58.2 cm³/mol. The molecule has 1 aromatic heterocycles. The Kier molecular flexibility index (Phi) is 4.32. The summed E-state index contributed by atoms with van der Waals surface area (Å²) in [6.45, 7) is 1.13. The van der Waals surface area contributed by atoms with Crippen LogP contribution >= 0.6 is 11.5 Å². The van der Waals surface area contributed by atoms with Crippen LogP contribution in [0.25, 0.3) is 0 Å². The molecule has 0 saturated heterocycles. The third kappa shape index (κ3) is 2.80. The molecule has 0 aliphatic carbocycles. The van der Waals surface area contributed by atoms with Gasteiger partial charge in [-0.05, 0) is 11.5 Å². The van der Waals surface area contributed by atoms with Gasteiger partial charge >= 0.3 is 5.97 Å². The smallest absolute Gasteiger partial charge is 0.344 e. The van der Waals surface area contributed by atoms with Gasteiger partial charge in [0.2, 0.25) is 0 Å². The van der Waals surface area contributed by atoms with Crippen molar-refractivity contribution < 1.29 is 14.3 Å². The molecular formula is C8H13N3O3S. The summed E-state index contributed by atoms with van der Waals surface area (Å²) in [4.78, 5) is 11.3. The minimum Gasteiger partial charge on any atom is -0.465 e. The van der Waals surface area contributed by atoms with E-state index in [1.54, 1.807) is 7.11 Å². The van der Waals surface area contributed by atoms with E-state index in [-0.39, 0.29) is 5.82 Å². The molecule has 3 N–H and O–H groups in total. The van der Waals surface area contributed by atoms with E-state index >= 15 is 0 Å². The summed E-state index contributed by atoms with van der Waals surface area (Å²) in [5, 5.41) is 3.61. The molecule has 1 heterocycles. The van der Waals surface area contributed by atoms with E-state index in [4.69, 9.17) is 10.5 Å². The lowest BCUT2D eigenvalue weighted by Gasteiger charge is -2.04. The number of anilines is 2. The number of nitrogen functional groups attached to an aromatic ring is 1. The summed E-state index contributed by atoms with van der Waals surface area (Å²) in [6.07, 6.45) is 0. The maximum Gasteiger partial charge on any atom is 0.344 e. The van der Waals surface area contributed by atoms with E-state index in [1.165, 1.54) is 7.11 Å². The molecule has 0 saturated carbocycles. The summed E-state index contributed by atoms with van der Waals surface area (Å²) in [6, 6.07) is 0. The molecule has 0 amide bonds. The molecule has 0 unspecified atom stereocenters. The van der Waals surface area contributed by atoms with E-state index in [9.17, 15) is 4.79 Å². The van der Waals surface area contributed by atoms with Gasteiger partial charge in [-0.25, -0.2) is 4.79 Å². The molecule has 0 aliphatic heterocycles. The number of rotatable bonds is 5. The highest BCUT2D eigenvalue weighted by Crippen LogP contribution is 2.26. The fourth-order valence-electron chi connectivity index (χ4n) is 0.989. The lowest BCUT2D eigenvalue weighted by molar-refractivity contribution is 0.0603. The molecule has 0 spiro atoms. The van der Waals surface area contributed by atoms with Crippen molar-refractivity contribution in [3.63, 3.8) is 0 Å². The number of ether oxygens (including phenoxy) is 2. The molecule has 6 nitrogen and oxygen atoms in total. The molecule has 0 aliphatic rings. The minimum atomic E-state index is -0.485. The normalized spacial score (nSPS) is 10.0. The number of carbonyl (C=O) groups excluding carboxylic acids is 1. The molecular weight excluding hydrogens is 218 g/mol. The highest BCUT2D eigenvalue weighted by molar-refractivity contribution is 7.11. The fraction of sp³-hybridized carbons (Fsp3) is 0.500. The van der Waals surface area contributed by atoms with E-state index in [1.807, 2.05) is 0 Å². The van der Waals surface area contributed by atoms with Gasteiger partial charge in [0.05, 0.1) is 13.7 Å². The Morgan fingerprint density at radius 2 is 2.33 bits per heavy atom. The van der Waals surface area contributed by atoms with Crippen molar-refractivity contribution in [1.29, 1.82) is 0 Å². The van der Waals surface area contributed by atoms with Gasteiger partial charge in [-0.3, -0.25) is 0 Å². The lowest BCUT2D eigenvalue weighted by atomic mass is 10.3. The van der Waals surface area contributed by atoms with Gasteiger partial charge in [-0.1, -0.05) is 0 Å². The number of nitrogens with zero attached hydrogens (tertiary/aromatic N) is 1. The zero-order valence-corrected chi connectivity index (χ0v) is 9.39. The van der Waals surface area contributed by atoms with Crippen LogP contribution in [0.4, 0.5) is 10.8 Å². The van der Waals surface area contributed by atoms with Gasteiger partial charge in [0.25, 0.3) is 0 Å². The molecule has 0 bridgehead atoms. The van der Waals surface area contributed by atoms with Gasteiger partial charge in [0.15, 0.2) is 5.82 Å². The van der Waals surface area contributed by atoms with Crippen molar-refractivity contribution in [2.75, 3.05) is 38.4 Å². The second-order valence-corrected chi connectivity index (χ2v) is 3.46. The average molecular weight is 231 g/mol. The summed E-state index contributed by atoms with van der Waals surface area (Å²) in [7, 11) is 2.91. The summed E-state index contributed by atoms with van der Waals surface area (Å²) < 4.78 is 13.3. The average Bonchev–Trinajstić information content (AvgIpc) is 2.59. The Hall–Kier alpha value is -1.34. The maximum atomic E-state index is 11.3. The molecule has 0 atom stereocenters. The molecule has 0 aromatic carbocycles. The Bertz CT molecular complexity index is 340. The van der Waals surface area contributed by atoms with Crippen LogP contribution in [0, 0.1) is 0 Å². The standard InChI is InChI=1S/C8H13N3O3S/c1-13-4-3-10-7-5(8(12)14-2)6(9)11-15-7/h10H,3-4H2,1-2H3,(H2,9,11). The van der Waals surface area contributed by atoms with Crippen molar-refractivity contribution >= 4 is 28.3 Å². The lowest BCUT2D eigenvalue weighted by Crippen LogP contribution is -2.11. The second kappa shape index (κ2) is 5.52. The van der Waals surface area contributed by atoms with Crippen LogP contribution in [-0.4, -0.2) is 37.7 Å². The monoisotopic (exact) mass is 231 g/mol. The first-order chi connectivity index (χ1) is 7.20. The quantitative estimate of drug-likeness (QED) is 0.569. The molecule has 0 fully saturated rings. The maximum absolute atomic E-state index is 11.3. The Labute approximate surface area is 91.5 Å². The number of hydrogen-bond acceptors (Lipinski definition) is 7. The van der Waals surface area contributed by atoms with Crippen LogP contribution in [0.2, 0.25) is 0 Å². The van der Waals surface area contributed by atoms with Crippen molar-refractivity contribution in [2.24, 2.45) is 0 Å². The Morgan fingerprint density at radius 3 is 2.93 bits per heavy atom. The van der Waals surface area contributed by atoms with Gasteiger partial charge in [-0.15, -0.1) is 0 Å². The number of nitrogens with one attached hydrogen (secondary N) is 1. The first-order valence-corrected chi connectivity index (χ1v) is 5.04. The molecule has 1 rings (SSSR count). The number of nitrogens with two attached hydrogens (primary N) is 1. The van der Waals surface area contributed by atoms with E-state index < -0.39 is 5.97 Å². The number of carbonyl (C=O) groups is 1. The van der Waals surface area contributed by atoms with Crippen LogP contribution in [0.5, 0.6) is 0 Å². The van der Waals surface area contributed by atoms with Crippen molar-refractivity contribution in [3.05, 3.63) is 5.56 Å². The SMILES string of the molecule is COCCNc1snc(N)c1C(=O)OC. The highest BCUT2D eigenvalue weighted by atomic mass is 32.1. The number of hydrogen-bond donors (Lipinski definition) is 2. The summed E-state index contributed by atoms with van der Waals surface area (Å²) in [5.41, 5.74) is 5.84. The first kappa shape index (κ1) is 11.7. The van der Waals surface area contributed by atoms with Crippen LogP contribution in [0.3, 0.4) is 0 Å². The van der Waals surface area contributed by atoms with Crippen LogP contribution in [-0.2, 0) is 9.47 Å². The largest absolute Gasteiger partial charge is 0.465 e. The molecule has 1 aromatic rings. The summed E-state index contributed by atoms with van der Waals surface area (Å²) >= 11 is 1.13. The fourth-order valence-corrected chi connectivity index (χ4v) is 1.72. The van der Waals surface area contributed by atoms with Crippen LogP contribution < -0.4 is 11.1 Å². The molecule has 7 heteroatoms. The van der Waals surface area contributed by atoms with Gasteiger partial charge in [-0.2, -0.15) is 4.37 Å². The number of esters is 1. The molecule has 15 heavy (non-hydrogen) atoms. The minimum absolute atomic E-state index is 0.187. The first-order valence-electron chi connectivity index (χ1n) is 4.27. The van der Waals surface area contributed by atoms with Gasteiger partial charge < -0.3 is 20.5 Å². The zero-order valence-electron chi connectivity index (χ0n) is 8.57. The second-order valence-electron chi connectivity index (χ2n) is 2.68. The van der Waals surface area contributed by atoms with Crippen molar-refractivity contribution in [2.45, 2.75) is 0 Å². The Balaban J connectivity index is 2.75. The zero-order chi connectivity index (χ0) is 11.3. The molecule has 84 valence electrons. The topological polar surface area (TPSA) is 86.5 Å². The summed E-state index contributed by atoms with van der Waals surface area (Å²) in [5.74, 6) is -0.298. The third-order valence-electron chi connectivity index (χ3n) is 1.70. The Morgan fingerprint density at radius 1 is 1.60 bits per heavy atom. The van der Waals surface area contributed by atoms with Crippen molar-refractivity contribution in [1.82, 2.24) is 4.37 Å². The number of methoxy groups -OCH3 is 2. The van der Waals surface area contributed by atoms with Gasteiger partial charge in [0, 0.05) is 13.7 Å². The van der Waals surface area contributed by atoms with E-state index in [0.717, 1.165) is 11.5 Å². The van der Waals surface area contributed by atoms with Crippen LogP contribution in [0.1, 0.15) is 10.4 Å². The van der Waals surface area contributed by atoms with Crippen molar-refractivity contribution in [3.8, 4) is 0 Å². The number of aromatic nitrogens is 1. The van der Waals surface area contributed by atoms with Crippen LogP contribution in [0.15, 0.2) is 0 Å². The van der Waals surface area contributed by atoms with E-state index in [2.05, 4.69) is 14.4 Å². The third-order valence-corrected chi connectivity index (χ3v) is 2.52. The highest BCUT2D eigenvalue weighted by Gasteiger charge is 2.19.